The topological polar surface area (TPSA) is 37.4 Å². The quantitative estimate of drug-likeness (QED) is 0.857. The number of aryl methyl sites for hydroxylation is 2. The standard InChI is InChI=1S/C18H29NO2S/c1-13-9-15(18(3,4)5)10-14(2)17(13)11-19(6)16-7-8-22(20,21)12-16/h9-10,16H,7-8,11-12H2,1-6H3. The van der Waals surface area contributed by atoms with E-state index in [-0.39, 0.29) is 11.5 Å². The summed E-state index contributed by atoms with van der Waals surface area (Å²) in [5.74, 6) is 0.643. The Morgan fingerprint density at radius 3 is 2.14 bits per heavy atom. The van der Waals surface area contributed by atoms with E-state index in [0.29, 0.717) is 11.5 Å². The van der Waals surface area contributed by atoms with Gasteiger partial charge in [0.15, 0.2) is 9.84 Å². The molecule has 1 unspecified atom stereocenters. The van der Waals surface area contributed by atoms with E-state index in [9.17, 15) is 8.42 Å². The number of sulfone groups is 1. The molecule has 1 aliphatic heterocycles. The van der Waals surface area contributed by atoms with Crippen LogP contribution >= 0.6 is 0 Å². The van der Waals surface area contributed by atoms with Gasteiger partial charge in [0.2, 0.25) is 0 Å². The normalized spacial score (nSPS) is 21.5. The first kappa shape index (κ1) is 17.5. The average Bonchev–Trinajstić information content (AvgIpc) is 2.72. The smallest absolute Gasteiger partial charge is 0.151 e. The first-order valence-electron chi connectivity index (χ1n) is 8.01. The molecule has 22 heavy (non-hydrogen) atoms. The highest BCUT2D eigenvalue weighted by Crippen LogP contribution is 2.28. The van der Waals surface area contributed by atoms with Crippen LogP contribution < -0.4 is 0 Å². The molecule has 4 heteroatoms. The van der Waals surface area contributed by atoms with Crippen molar-refractivity contribution in [1.29, 1.82) is 0 Å². The molecule has 124 valence electrons. The molecule has 1 fully saturated rings. The molecule has 1 aliphatic rings. The summed E-state index contributed by atoms with van der Waals surface area (Å²) in [5, 5.41) is 0. The van der Waals surface area contributed by atoms with Crippen LogP contribution in [-0.2, 0) is 21.8 Å². The van der Waals surface area contributed by atoms with E-state index in [1.165, 1.54) is 22.3 Å². The highest BCUT2D eigenvalue weighted by molar-refractivity contribution is 7.91. The summed E-state index contributed by atoms with van der Waals surface area (Å²) in [7, 11) is -0.777. The van der Waals surface area contributed by atoms with Gasteiger partial charge < -0.3 is 0 Å². The molecule has 0 amide bonds. The summed E-state index contributed by atoms with van der Waals surface area (Å²) in [4.78, 5) is 2.21. The fourth-order valence-electron chi connectivity index (χ4n) is 3.18. The molecule has 0 saturated carbocycles. The van der Waals surface area contributed by atoms with Crippen LogP contribution in [0.15, 0.2) is 12.1 Å². The average molecular weight is 324 g/mol. The van der Waals surface area contributed by atoms with Gasteiger partial charge in [-0.05, 0) is 55.0 Å². The van der Waals surface area contributed by atoms with Crippen molar-refractivity contribution in [3.8, 4) is 0 Å². The van der Waals surface area contributed by atoms with Crippen molar-refractivity contribution in [2.45, 2.75) is 59.0 Å². The maximum absolute atomic E-state index is 11.7. The molecule has 0 radical (unpaired) electrons. The van der Waals surface area contributed by atoms with Gasteiger partial charge in [0.25, 0.3) is 0 Å². The summed E-state index contributed by atoms with van der Waals surface area (Å²) in [5.41, 5.74) is 5.45. The molecule has 1 aromatic rings. The Balaban J connectivity index is 2.20. The van der Waals surface area contributed by atoms with Crippen LogP contribution in [0.5, 0.6) is 0 Å². The van der Waals surface area contributed by atoms with Crippen molar-refractivity contribution in [3.63, 3.8) is 0 Å². The maximum Gasteiger partial charge on any atom is 0.151 e. The van der Waals surface area contributed by atoms with Gasteiger partial charge in [0, 0.05) is 12.6 Å². The lowest BCUT2D eigenvalue weighted by Gasteiger charge is -2.27. The molecule has 0 N–H and O–H groups in total. The number of hydrogen-bond acceptors (Lipinski definition) is 3. The molecule has 1 aromatic carbocycles. The third-order valence-corrected chi connectivity index (χ3v) is 6.55. The fourth-order valence-corrected chi connectivity index (χ4v) is 4.98. The van der Waals surface area contributed by atoms with Crippen molar-refractivity contribution in [2.75, 3.05) is 18.6 Å². The van der Waals surface area contributed by atoms with Gasteiger partial charge in [-0.2, -0.15) is 0 Å². The number of rotatable bonds is 3. The zero-order valence-electron chi connectivity index (χ0n) is 14.7. The number of benzene rings is 1. The van der Waals surface area contributed by atoms with Crippen LogP contribution in [0.25, 0.3) is 0 Å². The predicted molar refractivity (Wildman–Crippen MR) is 93.1 cm³/mol. The van der Waals surface area contributed by atoms with E-state index in [1.807, 2.05) is 7.05 Å². The minimum Gasteiger partial charge on any atom is -0.298 e. The molecule has 0 spiro atoms. The van der Waals surface area contributed by atoms with Crippen LogP contribution in [0.3, 0.4) is 0 Å². The third-order valence-electron chi connectivity index (χ3n) is 4.80. The van der Waals surface area contributed by atoms with E-state index in [0.717, 1.165) is 13.0 Å². The third kappa shape index (κ3) is 3.90. The van der Waals surface area contributed by atoms with Crippen molar-refractivity contribution in [2.24, 2.45) is 0 Å². The van der Waals surface area contributed by atoms with Crippen molar-refractivity contribution in [3.05, 3.63) is 34.4 Å². The SMILES string of the molecule is Cc1cc(C(C)(C)C)cc(C)c1CN(C)C1CCS(=O)(=O)C1. The Labute approximate surface area is 135 Å². The molecule has 1 heterocycles. The lowest BCUT2D eigenvalue weighted by molar-refractivity contribution is 0.253. The first-order chi connectivity index (χ1) is 9.99. The van der Waals surface area contributed by atoms with E-state index >= 15 is 0 Å². The Bertz CT molecular complexity index is 633. The van der Waals surface area contributed by atoms with E-state index in [4.69, 9.17) is 0 Å². The van der Waals surface area contributed by atoms with Crippen LogP contribution in [0, 0.1) is 13.8 Å². The van der Waals surface area contributed by atoms with Crippen molar-refractivity contribution >= 4 is 9.84 Å². The second-order valence-electron chi connectivity index (χ2n) is 7.81. The molecule has 1 atom stereocenters. The largest absolute Gasteiger partial charge is 0.298 e. The van der Waals surface area contributed by atoms with Gasteiger partial charge in [-0.15, -0.1) is 0 Å². The number of nitrogens with zero attached hydrogens (tertiary/aromatic N) is 1. The second kappa shape index (κ2) is 5.97. The Morgan fingerprint density at radius 1 is 1.18 bits per heavy atom. The summed E-state index contributed by atoms with van der Waals surface area (Å²) in [6.45, 7) is 11.8. The van der Waals surface area contributed by atoms with Crippen LogP contribution in [-0.4, -0.2) is 37.9 Å². The molecule has 0 bridgehead atoms. The summed E-state index contributed by atoms with van der Waals surface area (Å²) in [6, 6.07) is 4.72. The highest BCUT2D eigenvalue weighted by atomic mass is 32.2. The zero-order chi connectivity index (χ0) is 16.7. The molecule has 1 saturated heterocycles. The van der Waals surface area contributed by atoms with Gasteiger partial charge in [-0.25, -0.2) is 8.42 Å². The zero-order valence-corrected chi connectivity index (χ0v) is 15.5. The lowest BCUT2D eigenvalue weighted by atomic mass is 9.83. The van der Waals surface area contributed by atoms with Crippen molar-refractivity contribution in [1.82, 2.24) is 4.90 Å². The molecule has 2 rings (SSSR count). The Morgan fingerprint density at radius 2 is 1.73 bits per heavy atom. The fraction of sp³-hybridized carbons (Fsp3) is 0.667. The van der Waals surface area contributed by atoms with E-state index in [1.54, 1.807) is 0 Å². The van der Waals surface area contributed by atoms with Gasteiger partial charge in [0.05, 0.1) is 11.5 Å². The summed E-state index contributed by atoms with van der Waals surface area (Å²) in [6.07, 6.45) is 0.761. The summed E-state index contributed by atoms with van der Waals surface area (Å²) >= 11 is 0. The van der Waals surface area contributed by atoms with Gasteiger partial charge in [0.1, 0.15) is 0 Å². The maximum atomic E-state index is 11.7. The molecular weight excluding hydrogens is 294 g/mol. The van der Waals surface area contributed by atoms with Gasteiger partial charge in [-0.1, -0.05) is 32.9 Å². The molecule has 3 nitrogen and oxygen atoms in total. The van der Waals surface area contributed by atoms with Crippen LogP contribution in [0.4, 0.5) is 0 Å². The van der Waals surface area contributed by atoms with Crippen molar-refractivity contribution < 1.29 is 8.42 Å². The minimum absolute atomic E-state index is 0.152. The Kier molecular flexibility index (Phi) is 4.74. The highest BCUT2D eigenvalue weighted by Gasteiger charge is 2.31. The Hall–Kier alpha value is -0.870. The minimum atomic E-state index is -2.82. The molecular formula is C18H29NO2S. The molecule has 0 aromatic heterocycles. The second-order valence-corrected chi connectivity index (χ2v) is 10.0. The first-order valence-corrected chi connectivity index (χ1v) is 9.83. The predicted octanol–water partition coefficient (Wildman–Crippen LogP) is 3.22. The number of hydrogen-bond donors (Lipinski definition) is 0. The van der Waals surface area contributed by atoms with Gasteiger partial charge in [-0.3, -0.25) is 4.90 Å². The van der Waals surface area contributed by atoms with Crippen LogP contribution in [0.1, 0.15) is 49.4 Å². The monoisotopic (exact) mass is 323 g/mol. The van der Waals surface area contributed by atoms with E-state index < -0.39 is 9.84 Å². The molecule has 0 aliphatic carbocycles. The summed E-state index contributed by atoms with van der Waals surface area (Å²) < 4.78 is 23.3. The lowest BCUT2D eigenvalue weighted by Crippen LogP contribution is -2.32. The van der Waals surface area contributed by atoms with Gasteiger partial charge >= 0.3 is 0 Å². The van der Waals surface area contributed by atoms with Crippen LogP contribution in [0.2, 0.25) is 0 Å². The van der Waals surface area contributed by atoms with E-state index in [2.05, 4.69) is 51.7 Å².